The topological polar surface area (TPSA) is 54.5 Å². The van der Waals surface area contributed by atoms with Crippen molar-refractivity contribution in [2.24, 2.45) is 0 Å². The zero-order chi connectivity index (χ0) is 16.3. The minimum Gasteiger partial charge on any atom is -0.334 e. The highest BCUT2D eigenvalue weighted by atomic mass is 32.2. The summed E-state index contributed by atoms with van der Waals surface area (Å²) < 4.78 is 50.9. The molecule has 1 atom stereocenters. The molecular formula is C15H19F2NO3S. The van der Waals surface area contributed by atoms with Crippen LogP contribution in [0.4, 0.5) is 8.78 Å². The smallest absolute Gasteiger partial charge is 0.260 e. The molecule has 0 saturated carbocycles. The van der Waals surface area contributed by atoms with Crippen LogP contribution < -0.4 is 0 Å². The summed E-state index contributed by atoms with van der Waals surface area (Å²) in [6.07, 6.45) is 1.76. The summed E-state index contributed by atoms with van der Waals surface area (Å²) in [6, 6.07) is 2.74. The fourth-order valence-electron chi connectivity index (χ4n) is 2.65. The molecule has 0 spiro atoms. The number of carbonyl (C=O) groups is 1. The first kappa shape index (κ1) is 16.9. The maximum atomic E-state index is 13.8. The van der Waals surface area contributed by atoms with E-state index in [0.717, 1.165) is 18.6 Å². The van der Waals surface area contributed by atoms with Gasteiger partial charge in [-0.3, -0.25) is 4.79 Å². The van der Waals surface area contributed by atoms with Gasteiger partial charge in [0.25, 0.3) is 5.91 Å². The van der Waals surface area contributed by atoms with Gasteiger partial charge in [0.05, 0.1) is 11.5 Å². The van der Waals surface area contributed by atoms with E-state index in [1.807, 2.05) is 6.92 Å². The van der Waals surface area contributed by atoms with Crippen LogP contribution in [0, 0.1) is 11.6 Å². The third-order valence-electron chi connectivity index (χ3n) is 3.84. The van der Waals surface area contributed by atoms with Gasteiger partial charge in [0.1, 0.15) is 17.2 Å². The molecule has 22 heavy (non-hydrogen) atoms. The van der Waals surface area contributed by atoms with Crippen molar-refractivity contribution in [3.8, 4) is 0 Å². The Morgan fingerprint density at radius 1 is 1.32 bits per heavy atom. The fraction of sp³-hybridized carbons (Fsp3) is 0.533. The van der Waals surface area contributed by atoms with Gasteiger partial charge < -0.3 is 4.90 Å². The molecule has 0 bridgehead atoms. The Kier molecular flexibility index (Phi) is 5.16. The summed E-state index contributed by atoms with van der Waals surface area (Å²) in [4.78, 5) is 13.9. The monoisotopic (exact) mass is 331 g/mol. The number of hydrogen-bond donors (Lipinski definition) is 0. The largest absolute Gasteiger partial charge is 0.334 e. The number of carbonyl (C=O) groups excluding carboxylic acids is 1. The van der Waals surface area contributed by atoms with E-state index in [9.17, 15) is 22.0 Å². The first-order valence-corrected chi connectivity index (χ1v) is 9.13. The Labute approximate surface area is 129 Å². The Morgan fingerprint density at radius 3 is 2.45 bits per heavy atom. The number of unbranched alkanes of at least 4 members (excludes halogenated alkanes) is 1. The minimum atomic E-state index is -3.18. The lowest BCUT2D eigenvalue weighted by Crippen LogP contribution is -2.42. The molecule has 0 N–H and O–H groups in total. The molecule has 1 fully saturated rings. The molecule has 1 aliphatic rings. The van der Waals surface area contributed by atoms with Crippen LogP contribution in [-0.4, -0.2) is 43.3 Å². The maximum absolute atomic E-state index is 13.8. The van der Waals surface area contributed by atoms with Crippen LogP contribution in [0.1, 0.15) is 36.5 Å². The number of amides is 1. The number of benzene rings is 1. The summed E-state index contributed by atoms with van der Waals surface area (Å²) in [5, 5.41) is 0. The van der Waals surface area contributed by atoms with Crippen molar-refractivity contribution in [2.45, 2.75) is 32.2 Å². The average molecular weight is 331 g/mol. The normalized spacial score (nSPS) is 20.0. The Bertz CT molecular complexity index is 641. The Balaban J connectivity index is 2.31. The Hall–Kier alpha value is -1.50. The lowest BCUT2D eigenvalue weighted by Gasteiger charge is -2.28. The summed E-state index contributed by atoms with van der Waals surface area (Å²) in [7, 11) is -3.18. The van der Waals surface area contributed by atoms with Crippen LogP contribution in [-0.2, 0) is 9.84 Å². The maximum Gasteiger partial charge on any atom is 0.260 e. The van der Waals surface area contributed by atoms with E-state index in [0.29, 0.717) is 19.4 Å². The van der Waals surface area contributed by atoms with Gasteiger partial charge in [0, 0.05) is 12.6 Å². The summed E-state index contributed by atoms with van der Waals surface area (Å²) >= 11 is 0. The second-order valence-electron chi connectivity index (χ2n) is 5.51. The molecule has 1 aliphatic heterocycles. The molecule has 0 unspecified atom stereocenters. The van der Waals surface area contributed by atoms with Crippen molar-refractivity contribution in [1.82, 2.24) is 4.90 Å². The molecule has 2 rings (SSSR count). The van der Waals surface area contributed by atoms with Crippen molar-refractivity contribution in [3.05, 3.63) is 35.4 Å². The van der Waals surface area contributed by atoms with E-state index in [4.69, 9.17) is 0 Å². The van der Waals surface area contributed by atoms with Crippen molar-refractivity contribution in [1.29, 1.82) is 0 Å². The zero-order valence-corrected chi connectivity index (χ0v) is 13.2. The molecule has 0 radical (unpaired) electrons. The number of rotatable bonds is 5. The van der Waals surface area contributed by atoms with Crippen LogP contribution in [0.15, 0.2) is 18.2 Å². The first-order valence-electron chi connectivity index (χ1n) is 7.31. The highest BCUT2D eigenvalue weighted by Crippen LogP contribution is 2.23. The molecule has 122 valence electrons. The van der Waals surface area contributed by atoms with Crippen molar-refractivity contribution < 1.29 is 22.0 Å². The highest BCUT2D eigenvalue weighted by molar-refractivity contribution is 7.91. The summed E-state index contributed by atoms with van der Waals surface area (Å²) in [6.45, 7) is 2.22. The van der Waals surface area contributed by atoms with Gasteiger partial charge in [-0.25, -0.2) is 17.2 Å². The SMILES string of the molecule is CCCCN(C(=O)c1c(F)cccc1F)[C@@H]1CCS(=O)(=O)C1. The van der Waals surface area contributed by atoms with Gasteiger partial charge >= 0.3 is 0 Å². The van der Waals surface area contributed by atoms with E-state index in [2.05, 4.69) is 0 Å². The summed E-state index contributed by atoms with van der Waals surface area (Å²) in [5.41, 5.74) is -0.608. The molecule has 4 nitrogen and oxygen atoms in total. The Morgan fingerprint density at radius 2 is 1.95 bits per heavy atom. The van der Waals surface area contributed by atoms with E-state index in [-0.39, 0.29) is 11.5 Å². The highest BCUT2D eigenvalue weighted by Gasteiger charge is 2.36. The van der Waals surface area contributed by atoms with Gasteiger partial charge in [-0.1, -0.05) is 19.4 Å². The molecule has 7 heteroatoms. The molecular weight excluding hydrogens is 312 g/mol. The average Bonchev–Trinajstić information content (AvgIpc) is 2.79. The van der Waals surface area contributed by atoms with Gasteiger partial charge in [-0.15, -0.1) is 0 Å². The van der Waals surface area contributed by atoms with E-state index in [1.165, 1.54) is 11.0 Å². The second kappa shape index (κ2) is 6.73. The zero-order valence-electron chi connectivity index (χ0n) is 12.4. The molecule has 0 aromatic heterocycles. The van der Waals surface area contributed by atoms with Gasteiger partial charge in [-0.2, -0.15) is 0 Å². The van der Waals surface area contributed by atoms with E-state index >= 15 is 0 Å². The van der Waals surface area contributed by atoms with E-state index in [1.54, 1.807) is 0 Å². The molecule has 1 heterocycles. The number of sulfone groups is 1. The van der Waals surface area contributed by atoms with Crippen molar-refractivity contribution >= 4 is 15.7 Å². The quantitative estimate of drug-likeness (QED) is 0.832. The standard InChI is InChI=1S/C15H19F2NO3S/c1-2-3-8-18(11-7-9-22(20,21)10-11)15(19)14-12(16)5-4-6-13(14)17/h4-6,11H,2-3,7-10H2,1H3/t11-/m1/s1. The van der Waals surface area contributed by atoms with Gasteiger partial charge in [0.15, 0.2) is 9.84 Å². The van der Waals surface area contributed by atoms with Gasteiger partial charge in [-0.05, 0) is 25.0 Å². The number of hydrogen-bond acceptors (Lipinski definition) is 3. The third kappa shape index (κ3) is 3.63. The predicted molar refractivity (Wildman–Crippen MR) is 79.4 cm³/mol. The van der Waals surface area contributed by atoms with Gasteiger partial charge in [0.2, 0.25) is 0 Å². The molecule has 1 aromatic rings. The molecule has 0 aliphatic carbocycles. The number of halogens is 2. The predicted octanol–water partition coefficient (Wildman–Crippen LogP) is 2.39. The molecule has 1 aromatic carbocycles. The summed E-state index contributed by atoms with van der Waals surface area (Å²) in [5.74, 6) is -2.75. The lowest BCUT2D eigenvalue weighted by atomic mass is 10.1. The molecule has 1 saturated heterocycles. The van der Waals surface area contributed by atoms with Crippen LogP contribution in [0.3, 0.4) is 0 Å². The van der Waals surface area contributed by atoms with Crippen LogP contribution >= 0.6 is 0 Å². The van der Waals surface area contributed by atoms with Crippen molar-refractivity contribution in [2.75, 3.05) is 18.1 Å². The van der Waals surface area contributed by atoms with Crippen molar-refractivity contribution in [3.63, 3.8) is 0 Å². The van der Waals surface area contributed by atoms with Crippen LogP contribution in [0.25, 0.3) is 0 Å². The second-order valence-corrected chi connectivity index (χ2v) is 7.73. The fourth-order valence-corrected chi connectivity index (χ4v) is 4.38. The van der Waals surface area contributed by atoms with E-state index < -0.39 is 39.0 Å². The van der Waals surface area contributed by atoms with Crippen LogP contribution in [0.5, 0.6) is 0 Å². The number of nitrogens with zero attached hydrogens (tertiary/aromatic N) is 1. The van der Waals surface area contributed by atoms with Crippen LogP contribution in [0.2, 0.25) is 0 Å². The molecule has 1 amide bonds. The third-order valence-corrected chi connectivity index (χ3v) is 5.59. The first-order chi connectivity index (χ1) is 10.4. The lowest BCUT2D eigenvalue weighted by molar-refractivity contribution is 0.0684. The minimum absolute atomic E-state index is 0.00727.